The summed E-state index contributed by atoms with van der Waals surface area (Å²) in [6.07, 6.45) is 1.48. The predicted molar refractivity (Wildman–Crippen MR) is 78.6 cm³/mol. The summed E-state index contributed by atoms with van der Waals surface area (Å²) in [4.78, 5) is 14.3. The number of carbonyl (C=O) groups is 1. The first-order valence-electron chi connectivity index (χ1n) is 5.58. The van der Waals surface area contributed by atoms with Crippen LogP contribution in [0.15, 0.2) is 35.4 Å². The zero-order valence-corrected chi connectivity index (χ0v) is 11.8. The summed E-state index contributed by atoms with van der Waals surface area (Å²) in [5.41, 5.74) is 1.90. The Kier molecular flexibility index (Phi) is 4.04. The molecule has 1 aliphatic heterocycles. The highest BCUT2D eigenvalue weighted by Crippen LogP contribution is 2.34. The Bertz CT molecular complexity index is 525. The van der Waals surface area contributed by atoms with Gasteiger partial charge in [-0.1, -0.05) is 36.1 Å². The monoisotopic (exact) mass is 279 g/mol. The summed E-state index contributed by atoms with van der Waals surface area (Å²) in [5.74, 6) is -0.121. The summed E-state index contributed by atoms with van der Waals surface area (Å²) in [7, 11) is 0. The number of hydrogen-bond acceptors (Lipinski definition) is 4. The van der Waals surface area contributed by atoms with Crippen molar-refractivity contribution in [3.63, 3.8) is 0 Å². The minimum atomic E-state index is -0.121. The number of thiocarbonyl (C=S) groups is 1. The first kappa shape index (κ1) is 13.1. The number of benzene rings is 1. The van der Waals surface area contributed by atoms with Gasteiger partial charge < -0.3 is 4.74 Å². The third kappa shape index (κ3) is 2.57. The van der Waals surface area contributed by atoms with Gasteiger partial charge in [0.25, 0.3) is 5.91 Å². The maximum atomic E-state index is 12.2. The van der Waals surface area contributed by atoms with Crippen LogP contribution >= 0.6 is 24.0 Å². The predicted octanol–water partition coefficient (Wildman–Crippen LogP) is 3.24. The van der Waals surface area contributed by atoms with Crippen LogP contribution in [0.3, 0.4) is 0 Å². The van der Waals surface area contributed by atoms with Gasteiger partial charge in [0.2, 0.25) is 0 Å². The van der Waals surface area contributed by atoms with Gasteiger partial charge in [0.15, 0.2) is 4.32 Å². The Morgan fingerprint density at radius 3 is 2.94 bits per heavy atom. The fraction of sp³-hybridized carbons (Fsp3) is 0.231. The van der Waals surface area contributed by atoms with Crippen LogP contribution in [-0.2, 0) is 9.53 Å². The second kappa shape index (κ2) is 5.54. The van der Waals surface area contributed by atoms with Crippen LogP contribution in [0.5, 0.6) is 0 Å². The summed E-state index contributed by atoms with van der Waals surface area (Å²) >= 11 is 6.51. The Morgan fingerprint density at radius 1 is 1.50 bits per heavy atom. The lowest BCUT2D eigenvalue weighted by atomic mass is 10.2. The molecule has 0 atom stereocenters. The average molecular weight is 279 g/mol. The van der Waals surface area contributed by atoms with Gasteiger partial charge in [0.1, 0.15) is 11.2 Å². The second-order valence-corrected chi connectivity index (χ2v) is 5.46. The molecule has 1 fully saturated rings. The number of amides is 1. The van der Waals surface area contributed by atoms with Gasteiger partial charge in [-0.05, 0) is 31.5 Å². The molecular formula is C13H13NO2S2. The van der Waals surface area contributed by atoms with Gasteiger partial charge >= 0.3 is 0 Å². The zero-order chi connectivity index (χ0) is 13.1. The lowest BCUT2D eigenvalue weighted by molar-refractivity contribution is -0.113. The lowest BCUT2D eigenvalue weighted by Crippen LogP contribution is -2.27. The lowest BCUT2D eigenvalue weighted by Gasteiger charge is -2.14. The van der Waals surface area contributed by atoms with E-state index in [4.69, 9.17) is 17.0 Å². The van der Waals surface area contributed by atoms with E-state index in [0.717, 1.165) is 11.3 Å². The molecule has 94 valence electrons. The molecule has 0 bridgehead atoms. The fourth-order valence-corrected chi connectivity index (χ4v) is 2.82. The molecule has 0 N–H and O–H groups in total. The fourth-order valence-electron chi connectivity index (χ4n) is 1.60. The number of thioether (sulfide) groups is 1. The molecule has 0 radical (unpaired) electrons. The van der Waals surface area contributed by atoms with Crippen LogP contribution < -0.4 is 4.90 Å². The summed E-state index contributed by atoms with van der Waals surface area (Å²) in [6, 6.07) is 7.71. The van der Waals surface area contributed by atoms with E-state index in [2.05, 4.69) is 0 Å². The van der Waals surface area contributed by atoms with Crippen LogP contribution in [0.4, 0.5) is 5.69 Å². The number of anilines is 1. The topological polar surface area (TPSA) is 29.5 Å². The molecule has 0 aliphatic carbocycles. The smallest absolute Gasteiger partial charge is 0.273 e. The van der Waals surface area contributed by atoms with E-state index in [1.54, 1.807) is 0 Å². The van der Waals surface area contributed by atoms with E-state index in [0.29, 0.717) is 15.8 Å². The van der Waals surface area contributed by atoms with Crippen molar-refractivity contribution in [2.24, 2.45) is 0 Å². The SMILES string of the molecule is CCO/C=C1/SC(=S)N(c2cccc(C)c2)C1=O. The average Bonchev–Trinajstić information content (AvgIpc) is 2.62. The molecule has 1 amide bonds. The quantitative estimate of drug-likeness (QED) is 0.482. The minimum Gasteiger partial charge on any atom is -0.500 e. The van der Waals surface area contributed by atoms with Gasteiger partial charge in [-0.25, -0.2) is 0 Å². The number of aryl methyl sites for hydroxylation is 1. The van der Waals surface area contributed by atoms with Crippen LogP contribution in [0.1, 0.15) is 12.5 Å². The van der Waals surface area contributed by atoms with Crippen molar-refractivity contribution in [3.05, 3.63) is 41.0 Å². The Balaban J connectivity index is 2.30. The van der Waals surface area contributed by atoms with Crippen LogP contribution in [-0.4, -0.2) is 16.8 Å². The molecule has 1 heterocycles. The van der Waals surface area contributed by atoms with Gasteiger partial charge in [-0.15, -0.1) is 0 Å². The molecule has 1 saturated heterocycles. The molecule has 0 saturated carbocycles. The van der Waals surface area contributed by atoms with Crippen LogP contribution in [0.25, 0.3) is 0 Å². The highest BCUT2D eigenvalue weighted by Gasteiger charge is 2.33. The number of ether oxygens (including phenoxy) is 1. The standard InChI is InChI=1S/C13H13NO2S2/c1-3-16-8-11-12(15)14(13(17)18-11)10-6-4-5-9(2)7-10/h4-8H,3H2,1-2H3/b11-8+. The first-order chi connectivity index (χ1) is 8.63. The molecule has 1 aromatic carbocycles. The maximum absolute atomic E-state index is 12.2. The normalized spacial score (nSPS) is 17.7. The molecule has 0 aromatic heterocycles. The third-order valence-corrected chi connectivity index (χ3v) is 3.69. The highest BCUT2D eigenvalue weighted by molar-refractivity contribution is 8.27. The number of carbonyl (C=O) groups excluding carboxylic acids is 1. The van der Waals surface area contributed by atoms with Crippen molar-refractivity contribution in [1.82, 2.24) is 0 Å². The summed E-state index contributed by atoms with van der Waals surface area (Å²) in [5, 5.41) is 0. The van der Waals surface area contributed by atoms with Gasteiger partial charge in [-0.3, -0.25) is 9.69 Å². The largest absolute Gasteiger partial charge is 0.500 e. The molecule has 5 heteroatoms. The Hall–Kier alpha value is -1.33. The first-order valence-corrected chi connectivity index (χ1v) is 6.80. The number of rotatable bonds is 3. The van der Waals surface area contributed by atoms with Crippen molar-refractivity contribution >= 4 is 39.9 Å². The van der Waals surface area contributed by atoms with Crippen molar-refractivity contribution in [3.8, 4) is 0 Å². The number of nitrogens with zero attached hydrogens (tertiary/aromatic N) is 1. The molecule has 0 unspecified atom stereocenters. The van der Waals surface area contributed by atoms with Crippen molar-refractivity contribution in [2.45, 2.75) is 13.8 Å². The molecule has 18 heavy (non-hydrogen) atoms. The number of hydrogen-bond donors (Lipinski definition) is 0. The molecule has 0 spiro atoms. The van der Waals surface area contributed by atoms with E-state index in [1.807, 2.05) is 38.1 Å². The van der Waals surface area contributed by atoms with Crippen molar-refractivity contribution in [1.29, 1.82) is 0 Å². The van der Waals surface area contributed by atoms with E-state index < -0.39 is 0 Å². The van der Waals surface area contributed by atoms with Crippen LogP contribution in [0.2, 0.25) is 0 Å². The van der Waals surface area contributed by atoms with Crippen LogP contribution in [0, 0.1) is 6.92 Å². The van der Waals surface area contributed by atoms with Gasteiger partial charge in [0.05, 0.1) is 12.3 Å². The van der Waals surface area contributed by atoms with Gasteiger partial charge in [-0.2, -0.15) is 0 Å². The molecule has 2 rings (SSSR count). The maximum Gasteiger partial charge on any atom is 0.273 e. The molecule has 1 aliphatic rings. The van der Waals surface area contributed by atoms with Crippen molar-refractivity contribution in [2.75, 3.05) is 11.5 Å². The molecule has 3 nitrogen and oxygen atoms in total. The van der Waals surface area contributed by atoms with E-state index >= 15 is 0 Å². The minimum absolute atomic E-state index is 0.121. The Labute approximate surface area is 116 Å². The van der Waals surface area contributed by atoms with E-state index in [-0.39, 0.29) is 5.91 Å². The summed E-state index contributed by atoms with van der Waals surface area (Å²) in [6.45, 7) is 4.39. The Morgan fingerprint density at radius 2 is 2.28 bits per heavy atom. The highest BCUT2D eigenvalue weighted by atomic mass is 32.2. The van der Waals surface area contributed by atoms with E-state index in [1.165, 1.54) is 22.9 Å². The summed E-state index contributed by atoms with van der Waals surface area (Å²) < 4.78 is 5.69. The van der Waals surface area contributed by atoms with Crippen molar-refractivity contribution < 1.29 is 9.53 Å². The third-order valence-electron chi connectivity index (χ3n) is 2.41. The molecular weight excluding hydrogens is 266 g/mol. The zero-order valence-electron chi connectivity index (χ0n) is 10.2. The molecule has 1 aromatic rings. The second-order valence-electron chi connectivity index (χ2n) is 3.78. The van der Waals surface area contributed by atoms with E-state index in [9.17, 15) is 4.79 Å². The van der Waals surface area contributed by atoms with Gasteiger partial charge in [0, 0.05) is 0 Å².